The van der Waals surface area contributed by atoms with Gasteiger partial charge in [-0.05, 0) is 104 Å². The Balaban J connectivity index is 1.51. The number of aliphatic hydroxyl groups excluding tert-OH is 2. The number of hydrogen-bond donors (Lipinski definition) is 2. The minimum atomic E-state index is -0.223. The second kappa shape index (κ2) is 6.40. The molecule has 3 nitrogen and oxygen atoms in total. The molecule has 152 valence electrons. The minimum absolute atomic E-state index is 0.145. The van der Waals surface area contributed by atoms with Crippen LogP contribution in [0.3, 0.4) is 0 Å². The third-order valence-corrected chi connectivity index (χ3v) is 9.52. The summed E-state index contributed by atoms with van der Waals surface area (Å²) in [6.45, 7) is 7.24. The van der Waals surface area contributed by atoms with Crippen LogP contribution in [0.4, 0.5) is 0 Å². The maximum Gasteiger partial charge on any atom is 0.0577 e. The van der Waals surface area contributed by atoms with Gasteiger partial charge in [-0.3, -0.25) is 4.98 Å². The molecule has 0 radical (unpaired) electrons. The first-order chi connectivity index (χ1) is 13.3. The largest absolute Gasteiger partial charge is 0.393 e. The normalized spacial score (nSPS) is 48.0. The van der Waals surface area contributed by atoms with Gasteiger partial charge in [0.2, 0.25) is 0 Å². The third-order valence-electron chi connectivity index (χ3n) is 9.52. The van der Waals surface area contributed by atoms with E-state index in [1.165, 1.54) is 29.6 Å². The Morgan fingerprint density at radius 2 is 1.89 bits per heavy atom. The quantitative estimate of drug-likeness (QED) is 0.732. The van der Waals surface area contributed by atoms with Crippen molar-refractivity contribution in [3.63, 3.8) is 0 Å². The molecule has 3 saturated carbocycles. The van der Waals surface area contributed by atoms with Gasteiger partial charge in [-0.2, -0.15) is 0 Å². The van der Waals surface area contributed by atoms with Crippen molar-refractivity contribution in [1.82, 2.24) is 4.98 Å². The standard InChI is InChI=1S/C25H35NO2/c1-15-11-20-22-19(24(2)8-6-18(27)12-17(24)13-21(22)28)7-9-25(20,3)23(15)16-5-4-10-26-14-16/h4-5,10,14,17-22,27-28H,6-9,11-13H2,1-3H3/t17?,18-,19-,20-,21-,22+,24-,25-/m0/s1. The van der Waals surface area contributed by atoms with Crippen molar-refractivity contribution in [2.24, 2.45) is 34.5 Å². The summed E-state index contributed by atoms with van der Waals surface area (Å²) in [4.78, 5) is 4.39. The lowest BCUT2D eigenvalue weighted by atomic mass is 9.44. The smallest absolute Gasteiger partial charge is 0.0577 e. The highest BCUT2D eigenvalue weighted by Crippen LogP contribution is 2.68. The topological polar surface area (TPSA) is 53.4 Å². The lowest BCUT2D eigenvalue weighted by molar-refractivity contribution is -0.163. The van der Waals surface area contributed by atoms with Gasteiger partial charge >= 0.3 is 0 Å². The van der Waals surface area contributed by atoms with Crippen LogP contribution in [0, 0.1) is 34.5 Å². The van der Waals surface area contributed by atoms with E-state index < -0.39 is 0 Å². The lowest BCUT2D eigenvalue weighted by Crippen LogP contribution is -2.58. The summed E-state index contributed by atoms with van der Waals surface area (Å²) in [6, 6.07) is 4.26. The van der Waals surface area contributed by atoms with Crippen molar-refractivity contribution in [2.75, 3.05) is 0 Å². The maximum atomic E-state index is 11.3. The molecule has 0 amide bonds. The summed E-state index contributed by atoms with van der Waals surface area (Å²) in [6.07, 6.45) is 10.8. The molecule has 0 bridgehead atoms. The molecule has 1 aromatic heterocycles. The molecule has 0 saturated heterocycles. The summed E-state index contributed by atoms with van der Waals surface area (Å²) >= 11 is 0. The molecule has 5 rings (SSSR count). The zero-order chi connectivity index (χ0) is 19.7. The van der Waals surface area contributed by atoms with Gasteiger partial charge in [0.25, 0.3) is 0 Å². The van der Waals surface area contributed by atoms with Crippen molar-refractivity contribution in [3.8, 4) is 0 Å². The van der Waals surface area contributed by atoms with Crippen molar-refractivity contribution >= 4 is 5.57 Å². The van der Waals surface area contributed by atoms with E-state index in [0.717, 1.165) is 32.1 Å². The van der Waals surface area contributed by atoms with E-state index in [1.54, 1.807) is 0 Å². The van der Waals surface area contributed by atoms with E-state index in [9.17, 15) is 10.2 Å². The lowest BCUT2D eigenvalue weighted by Gasteiger charge is -2.62. The van der Waals surface area contributed by atoms with Gasteiger partial charge in [-0.15, -0.1) is 0 Å². The molecule has 0 spiro atoms. The average Bonchev–Trinajstić information content (AvgIpc) is 2.94. The van der Waals surface area contributed by atoms with E-state index in [0.29, 0.717) is 23.7 Å². The zero-order valence-electron chi connectivity index (χ0n) is 17.6. The predicted molar refractivity (Wildman–Crippen MR) is 111 cm³/mol. The first kappa shape index (κ1) is 18.8. The van der Waals surface area contributed by atoms with Crippen LogP contribution in [0.15, 0.2) is 30.1 Å². The highest BCUT2D eigenvalue weighted by Gasteiger charge is 2.61. The Labute approximate surface area is 169 Å². The van der Waals surface area contributed by atoms with Crippen LogP contribution in [-0.4, -0.2) is 27.4 Å². The molecule has 3 fully saturated rings. The first-order valence-corrected chi connectivity index (χ1v) is 11.3. The van der Waals surface area contributed by atoms with Gasteiger partial charge < -0.3 is 10.2 Å². The molecular weight excluding hydrogens is 346 g/mol. The van der Waals surface area contributed by atoms with E-state index in [-0.39, 0.29) is 23.0 Å². The number of aromatic nitrogens is 1. The highest BCUT2D eigenvalue weighted by molar-refractivity contribution is 5.75. The van der Waals surface area contributed by atoms with Crippen molar-refractivity contribution in [3.05, 3.63) is 35.7 Å². The van der Waals surface area contributed by atoms with Crippen molar-refractivity contribution in [2.45, 2.75) is 77.9 Å². The van der Waals surface area contributed by atoms with Crippen LogP contribution in [0.1, 0.15) is 71.3 Å². The van der Waals surface area contributed by atoms with E-state index in [2.05, 4.69) is 31.8 Å². The fourth-order valence-electron chi connectivity index (χ4n) is 8.22. The van der Waals surface area contributed by atoms with Crippen molar-refractivity contribution in [1.29, 1.82) is 0 Å². The Morgan fingerprint density at radius 3 is 2.64 bits per heavy atom. The molecule has 2 N–H and O–H groups in total. The minimum Gasteiger partial charge on any atom is -0.393 e. The van der Waals surface area contributed by atoms with Crippen LogP contribution in [0.5, 0.6) is 0 Å². The number of allylic oxidation sites excluding steroid dienone is 2. The molecule has 0 aliphatic heterocycles. The van der Waals surface area contributed by atoms with Crippen LogP contribution in [-0.2, 0) is 0 Å². The molecular formula is C25H35NO2. The van der Waals surface area contributed by atoms with Crippen LogP contribution >= 0.6 is 0 Å². The summed E-state index contributed by atoms with van der Waals surface area (Å²) < 4.78 is 0. The zero-order valence-corrected chi connectivity index (χ0v) is 17.6. The Kier molecular flexibility index (Phi) is 4.30. The Morgan fingerprint density at radius 1 is 1.07 bits per heavy atom. The summed E-state index contributed by atoms with van der Waals surface area (Å²) in [7, 11) is 0. The number of rotatable bonds is 1. The number of fused-ring (bicyclic) bond motifs is 5. The molecule has 1 heterocycles. The molecule has 3 heteroatoms. The van der Waals surface area contributed by atoms with Gasteiger partial charge in [0, 0.05) is 12.4 Å². The van der Waals surface area contributed by atoms with E-state index >= 15 is 0 Å². The second-order valence-electron chi connectivity index (χ2n) is 10.8. The average molecular weight is 382 g/mol. The fourth-order valence-corrected chi connectivity index (χ4v) is 8.22. The number of aliphatic hydroxyl groups is 2. The van der Waals surface area contributed by atoms with Crippen LogP contribution < -0.4 is 0 Å². The Bertz CT molecular complexity index is 789. The number of hydrogen-bond acceptors (Lipinski definition) is 3. The monoisotopic (exact) mass is 381 g/mol. The molecule has 0 aromatic carbocycles. The van der Waals surface area contributed by atoms with Crippen LogP contribution in [0.25, 0.3) is 5.57 Å². The Hall–Kier alpha value is -1.19. The summed E-state index contributed by atoms with van der Waals surface area (Å²) in [5, 5.41) is 21.6. The fraction of sp³-hybridized carbons (Fsp3) is 0.720. The van der Waals surface area contributed by atoms with E-state index in [1.807, 2.05) is 18.5 Å². The SMILES string of the molecule is CC1=C(c2cccnc2)[C@@]2(C)CC[C@H]3[C@@H]([C@@H](O)CC4C[C@@H](O)CC[C@@]43C)[C@@H]2C1. The van der Waals surface area contributed by atoms with Gasteiger partial charge in [0.1, 0.15) is 0 Å². The van der Waals surface area contributed by atoms with Crippen molar-refractivity contribution < 1.29 is 10.2 Å². The first-order valence-electron chi connectivity index (χ1n) is 11.3. The van der Waals surface area contributed by atoms with Crippen LogP contribution in [0.2, 0.25) is 0 Å². The predicted octanol–water partition coefficient (Wildman–Crippen LogP) is 4.84. The number of pyridine rings is 1. The summed E-state index contributed by atoms with van der Waals surface area (Å²) in [5.41, 5.74) is 4.71. The number of nitrogens with zero attached hydrogens (tertiary/aromatic N) is 1. The van der Waals surface area contributed by atoms with Gasteiger partial charge in [-0.1, -0.05) is 25.5 Å². The molecule has 4 aliphatic carbocycles. The molecule has 1 aromatic rings. The van der Waals surface area contributed by atoms with Gasteiger partial charge in [-0.25, -0.2) is 0 Å². The van der Waals surface area contributed by atoms with Gasteiger partial charge in [0.15, 0.2) is 0 Å². The maximum absolute atomic E-state index is 11.3. The summed E-state index contributed by atoms with van der Waals surface area (Å²) in [5.74, 6) is 1.98. The second-order valence-corrected chi connectivity index (χ2v) is 10.8. The third kappa shape index (κ3) is 2.51. The molecule has 1 unspecified atom stereocenters. The van der Waals surface area contributed by atoms with E-state index in [4.69, 9.17) is 0 Å². The molecule has 8 atom stereocenters. The molecule has 4 aliphatic rings. The molecule has 28 heavy (non-hydrogen) atoms. The van der Waals surface area contributed by atoms with Gasteiger partial charge in [0.05, 0.1) is 12.2 Å². The highest BCUT2D eigenvalue weighted by atomic mass is 16.3.